The van der Waals surface area contributed by atoms with Gasteiger partial charge in [0.25, 0.3) is 0 Å². The van der Waals surface area contributed by atoms with Gasteiger partial charge in [-0.3, -0.25) is 0 Å². The SMILES string of the molecule is CCO[Si](C)(CCCCCCCCC[Si](O[Si](C)(C)C)(O[Si](C)(C)C)O[Si](C)(C)C)OCC. The highest BCUT2D eigenvalue weighted by atomic mass is 28.5. The molecule has 0 bridgehead atoms. The third-order valence-electron chi connectivity index (χ3n) is 4.90. The van der Waals surface area contributed by atoms with Crippen molar-refractivity contribution in [2.45, 2.75) is 136 Å². The minimum absolute atomic E-state index is 0.762. The first kappa shape index (κ1) is 33.9. The summed E-state index contributed by atoms with van der Waals surface area (Å²) in [5.41, 5.74) is 0. The molecule has 0 heterocycles. The Morgan fingerprint density at radius 1 is 0.424 bits per heavy atom. The number of hydrogen-bond donors (Lipinski definition) is 0. The van der Waals surface area contributed by atoms with Crippen molar-refractivity contribution in [3.8, 4) is 0 Å². The molecule has 5 nitrogen and oxygen atoms in total. The summed E-state index contributed by atoms with van der Waals surface area (Å²) in [5, 5.41) is 0. The summed E-state index contributed by atoms with van der Waals surface area (Å²) >= 11 is 0. The van der Waals surface area contributed by atoms with E-state index in [0.717, 1.165) is 31.7 Å². The molecule has 0 aliphatic heterocycles. The monoisotopic (exact) mass is 554 g/mol. The highest BCUT2D eigenvalue weighted by Gasteiger charge is 2.49. The second kappa shape index (κ2) is 15.2. The molecular weight excluding hydrogens is 497 g/mol. The zero-order chi connectivity index (χ0) is 25.8. The van der Waals surface area contributed by atoms with Gasteiger partial charge >= 0.3 is 17.4 Å². The average molecular weight is 555 g/mol. The first-order chi connectivity index (χ1) is 14.9. The van der Waals surface area contributed by atoms with Crippen LogP contribution < -0.4 is 0 Å². The van der Waals surface area contributed by atoms with E-state index in [4.69, 9.17) is 21.2 Å². The second-order valence-corrected chi connectivity index (χ2v) is 32.6. The molecule has 0 aromatic heterocycles. The van der Waals surface area contributed by atoms with Gasteiger partial charge in [0.15, 0.2) is 25.0 Å². The maximum Gasteiger partial charge on any atom is 0.469 e. The fourth-order valence-corrected chi connectivity index (χ4v) is 21.3. The Morgan fingerprint density at radius 3 is 1.03 bits per heavy atom. The van der Waals surface area contributed by atoms with E-state index < -0.39 is 42.3 Å². The van der Waals surface area contributed by atoms with E-state index in [0.29, 0.717) is 0 Å². The van der Waals surface area contributed by atoms with Gasteiger partial charge in [0.1, 0.15) is 0 Å². The topological polar surface area (TPSA) is 46.2 Å². The van der Waals surface area contributed by atoms with Crippen LogP contribution >= 0.6 is 0 Å². The lowest BCUT2D eigenvalue weighted by Crippen LogP contribution is -2.60. The zero-order valence-electron chi connectivity index (χ0n) is 24.3. The predicted octanol–water partition coefficient (Wildman–Crippen LogP) is 8.36. The van der Waals surface area contributed by atoms with E-state index in [1.54, 1.807) is 0 Å². The quantitative estimate of drug-likeness (QED) is 0.112. The maximum absolute atomic E-state index is 6.79. The molecule has 33 heavy (non-hydrogen) atoms. The molecule has 0 atom stereocenters. The summed E-state index contributed by atoms with van der Waals surface area (Å²) in [6, 6.07) is 2.08. The smallest absolute Gasteiger partial charge is 0.417 e. The Labute approximate surface area is 212 Å². The van der Waals surface area contributed by atoms with Gasteiger partial charge in [-0.2, -0.15) is 0 Å². The largest absolute Gasteiger partial charge is 0.469 e. The van der Waals surface area contributed by atoms with Crippen molar-refractivity contribution in [1.29, 1.82) is 0 Å². The predicted molar refractivity (Wildman–Crippen MR) is 156 cm³/mol. The highest BCUT2D eigenvalue weighted by Crippen LogP contribution is 2.31. The summed E-state index contributed by atoms with van der Waals surface area (Å²) in [5.74, 6) is 0. The molecule has 0 spiro atoms. The van der Waals surface area contributed by atoms with Gasteiger partial charge in [-0.25, -0.2) is 0 Å². The van der Waals surface area contributed by atoms with E-state index >= 15 is 0 Å². The van der Waals surface area contributed by atoms with Crippen LogP contribution in [-0.2, 0) is 21.2 Å². The molecule has 0 saturated carbocycles. The van der Waals surface area contributed by atoms with Crippen molar-refractivity contribution < 1.29 is 21.2 Å². The van der Waals surface area contributed by atoms with Crippen LogP contribution in [0.4, 0.5) is 0 Å². The molecule has 0 aromatic rings. The van der Waals surface area contributed by atoms with Gasteiger partial charge in [0, 0.05) is 19.3 Å². The van der Waals surface area contributed by atoms with Crippen LogP contribution in [0.2, 0.25) is 77.6 Å². The molecule has 10 heteroatoms. The van der Waals surface area contributed by atoms with E-state index in [2.05, 4.69) is 79.3 Å². The maximum atomic E-state index is 6.79. The molecule has 200 valence electrons. The molecule has 0 aliphatic rings. The Balaban J connectivity index is 4.61. The summed E-state index contributed by atoms with van der Waals surface area (Å²) in [6.07, 6.45) is 8.75. The minimum Gasteiger partial charge on any atom is -0.417 e. The lowest BCUT2D eigenvalue weighted by atomic mass is 10.1. The standard InChI is InChI=1S/C23H58O5Si5/c1-13-24-32(12,25-14-2)22-20-18-16-15-17-19-21-23-33(26-29(3,4)5,27-30(6,7)8)28-31(9,10)11/h13-23H2,1-12H3. The summed E-state index contributed by atoms with van der Waals surface area (Å²) in [7, 11) is -9.91. The first-order valence-electron chi connectivity index (χ1n) is 13.3. The van der Waals surface area contributed by atoms with Crippen LogP contribution in [0, 0.1) is 0 Å². The van der Waals surface area contributed by atoms with Crippen molar-refractivity contribution in [2.24, 2.45) is 0 Å². The number of unbranched alkanes of at least 4 members (excludes halogenated alkanes) is 6. The lowest BCUT2D eigenvalue weighted by Gasteiger charge is -2.43. The molecule has 0 unspecified atom stereocenters. The molecule has 0 rings (SSSR count). The minimum atomic E-state index is -2.66. The summed E-state index contributed by atoms with van der Waals surface area (Å²) < 4.78 is 32.3. The summed E-state index contributed by atoms with van der Waals surface area (Å²) in [6.45, 7) is 28.3. The van der Waals surface area contributed by atoms with E-state index in [1.165, 1.54) is 38.5 Å². The molecule has 0 radical (unpaired) electrons. The van der Waals surface area contributed by atoms with Gasteiger partial charge in [-0.15, -0.1) is 0 Å². The molecule has 0 aromatic carbocycles. The lowest BCUT2D eigenvalue weighted by molar-refractivity contribution is 0.188. The van der Waals surface area contributed by atoms with Crippen molar-refractivity contribution >= 4 is 42.3 Å². The van der Waals surface area contributed by atoms with Crippen molar-refractivity contribution in [2.75, 3.05) is 13.2 Å². The van der Waals surface area contributed by atoms with Crippen LogP contribution in [0.5, 0.6) is 0 Å². The van der Waals surface area contributed by atoms with Crippen molar-refractivity contribution in [3.05, 3.63) is 0 Å². The Kier molecular flexibility index (Phi) is 15.6. The average Bonchev–Trinajstić information content (AvgIpc) is 2.56. The van der Waals surface area contributed by atoms with Gasteiger partial charge in [-0.1, -0.05) is 38.5 Å². The molecule has 0 aliphatic carbocycles. The third kappa shape index (κ3) is 18.8. The second-order valence-electron chi connectivity index (χ2n) is 12.3. The van der Waals surface area contributed by atoms with Crippen LogP contribution in [0.1, 0.15) is 58.8 Å². The Bertz CT molecular complexity index is 468. The number of rotatable bonds is 20. The number of hydrogen-bond acceptors (Lipinski definition) is 5. The fourth-order valence-electron chi connectivity index (χ4n) is 4.08. The van der Waals surface area contributed by atoms with Gasteiger partial charge in [0.2, 0.25) is 0 Å². The first-order valence-corrected chi connectivity index (χ1v) is 28.0. The van der Waals surface area contributed by atoms with Gasteiger partial charge in [-0.05, 0) is 91.8 Å². The molecule has 0 fully saturated rings. The third-order valence-corrected chi connectivity index (χ3v) is 20.0. The van der Waals surface area contributed by atoms with Gasteiger partial charge in [0.05, 0.1) is 0 Å². The van der Waals surface area contributed by atoms with E-state index in [9.17, 15) is 0 Å². The molecule has 0 saturated heterocycles. The van der Waals surface area contributed by atoms with Crippen molar-refractivity contribution in [1.82, 2.24) is 0 Å². The van der Waals surface area contributed by atoms with Crippen LogP contribution in [0.15, 0.2) is 0 Å². The van der Waals surface area contributed by atoms with Gasteiger partial charge < -0.3 is 21.2 Å². The molecule has 0 amide bonds. The van der Waals surface area contributed by atoms with Crippen LogP contribution in [0.25, 0.3) is 0 Å². The fraction of sp³-hybridized carbons (Fsp3) is 1.00. The highest BCUT2D eigenvalue weighted by molar-refractivity contribution is 6.90. The van der Waals surface area contributed by atoms with Crippen LogP contribution in [0.3, 0.4) is 0 Å². The van der Waals surface area contributed by atoms with Crippen molar-refractivity contribution in [3.63, 3.8) is 0 Å². The Hall–Kier alpha value is 0.884. The zero-order valence-corrected chi connectivity index (χ0v) is 29.3. The van der Waals surface area contributed by atoms with E-state index in [-0.39, 0.29) is 0 Å². The van der Waals surface area contributed by atoms with Crippen LogP contribution in [-0.4, -0.2) is 55.5 Å². The Morgan fingerprint density at radius 2 is 0.727 bits per heavy atom. The van der Waals surface area contributed by atoms with E-state index in [1.807, 2.05) is 0 Å². The molecular formula is C23H58O5Si5. The normalized spacial score (nSPS) is 14.2. The molecule has 0 N–H and O–H groups in total. The summed E-state index contributed by atoms with van der Waals surface area (Å²) in [4.78, 5) is 0.